The molecule has 4 rings (SSSR count). The van der Waals surface area contributed by atoms with Crippen molar-refractivity contribution in [1.82, 2.24) is 10.1 Å². The van der Waals surface area contributed by atoms with E-state index in [1.807, 2.05) is 0 Å². The number of aromatic nitrogens is 1. The van der Waals surface area contributed by atoms with Gasteiger partial charge in [-0.3, -0.25) is 0 Å². The zero-order valence-corrected chi connectivity index (χ0v) is 19.1. The fourth-order valence-corrected chi connectivity index (χ4v) is 5.76. The Labute approximate surface area is 195 Å². The summed E-state index contributed by atoms with van der Waals surface area (Å²) in [6, 6.07) is 7.97. The molecule has 1 aliphatic heterocycles. The molecule has 0 saturated carbocycles. The van der Waals surface area contributed by atoms with E-state index in [-0.39, 0.29) is 34.8 Å². The van der Waals surface area contributed by atoms with Gasteiger partial charge in [0.1, 0.15) is 5.82 Å². The molecule has 0 N–H and O–H groups in total. The van der Waals surface area contributed by atoms with Crippen molar-refractivity contribution >= 4 is 33.2 Å². The van der Waals surface area contributed by atoms with E-state index in [1.54, 1.807) is 6.07 Å². The van der Waals surface area contributed by atoms with Crippen LogP contribution in [0, 0.1) is 11.7 Å². The SMILES string of the molecule is Cl.O=S(=O)(CC1CCN(CCCc2noc3cc(F)ccc23)C1)c1ccc(C(F)(F)F)cc1. The standard InChI is InChI=1S/C22H22F4N2O3S.ClH/c23-17-5-8-19-20(27-31-21(19)12-17)2-1-10-28-11-9-15(13-28)14-32(29,30)18-6-3-16(4-7-18)22(24,25)26;/h3-8,12,15H,1-2,9-11,13-14H2;1H. The Kier molecular flexibility index (Phi) is 7.70. The summed E-state index contributed by atoms with van der Waals surface area (Å²) in [7, 11) is -3.66. The quantitative estimate of drug-likeness (QED) is 0.415. The lowest BCUT2D eigenvalue weighted by Gasteiger charge is -2.16. The predicted molar refractivity (Wildman–Crippen MR) is 118 cm³/mol. The number of sulfone groups is 1. The van der Waals surface area contributed by atoms with Crippen LogP contribution in [0.4, 0.5) is 17.6 Å². The van der Waals surface area contributed by atoms with Gasteiger partial charge in [0.2, 0.25) is 0 Å². The average Bonchev–Trinajstić information content (AvgIpc) is 3.33. The summed E-state index contributed by atoms with van der Waals surface area (Å²) in [6.07, 6.45) is -2.34. The second-order valence-corrected chi connectivity index (χ2v) is 10.2. The molecule has 0 amide bonds. The third-order valence-corrected chi connectivity index (χ3v) is 7.66. The molecule has 1 aromatic heterocycles. The minimum Gasteiger partial charge on any atom is -0.356 e. The molecule has 3 aromatic rings. The van der Waals surface area contributed by atoms with Crippen LogP contribution in [0.1, 0.15) is 24.1 Å². The van der Waals surface area contributed by atoms with Gasteiger partial charge in [0.05, 0.1) is 21.9 Å². The lowest BCUT2D eigenvalue weighted by Crippen LogP contribution is -2.24. The molecule has 11 heteroatoms. The fourth-order valence-electron chi connectivity index (χ4n) is 4.12. The summed E-state index contributed by atoms with van der Waals surface area (Å²) in [6.45, 7) is 2.13. The van der Waals surface area contributed by atoms with E-state index in [0.29, 0.717) is 25.0 Å². The highest BCUT2D eigenvalue weighted by atomic mass is 35.5. The minimum absolute atomic E-state index is 0. The number of hydrogen-bond donors (Lipinski definition) is 0. The summed E-state index contributed by atoms with van der Waals surface area (Å²) in [5, 5.41) is 4.79. The maximum atomic E-state index is 13.2. The number of halogens is 5. The molecular formula is C22H23ClF4N2O3S. The highest BCUT2D eigenvalue weighted by Crippen LogP contribution is 2.30. The molecule has 180 valence electrons. The molecule has 1 aliphatic rings. The van der Waals surface area contributed by atoms with E-state index in [1.165, 1.54) is 12.1 Å². The van der Waals surface area contributed by atoms with Crippen LogP contribution in [0.25, 0.3) is 11.0 Å². The normalized spacial score (nSPS) is 17.4. The molecule has 1 atom stereocenters. The molecular weight excluding hydrogens is 484 g/mol. The van der Waals surface area contributed by atoms with Crippen LogP contribution in [-0.4, -0.2) is 43.9 Å². The summed E-state index contributed by atoms with van der Waals surface area (Å²) < 4.78 is 81.7. The van der Waals surface area contributed by atoms with Crippen molar-refractivity contribution in [3.05, 3.63) is 59.5 Å². The third kappa shape index (κ3) is 6.04. The molecule has 5 nitrogen and oxygen atoms in total. The number of nitrogens with zero attached hydrogens (tertiary/aromatic N) is 2. The highest BCUT2D eigenvalue weighted by Gasteiger charge is 2.32. The van der Waals surface area contributed by atoms with Crippen molar-refractivity contribution in [2.75, 3.05) is 25.4 Å². The Hall–Kier alpha value is -2.17. The van der Waals surface area contributed by atoms with Gasteiger partial charge in [-0.2, -0.15) is 13.2 Å². The maximum Gasteiger partial charge on any atom is 0.416 e. The van der Waals surface area contributed by atoms with Gasteiger partial charge in [-0.25, -0.2) is 12.8 Å². The van der Waals surface area contributed by atoms with Gasteiger partial charge in [-0.15, -0.1) is 12.4 Å². The molecule has 33 heavy (non-hydrogen) atoms. The van der Waals surface area contributed by atoms with Crippen molar-refractivity contribution in [2.45, 2.75) is 30.3 Å². The zero-order valence-electron chi connectivity index (χ0n) is 17.5. The Morgan fingerprint density at radius 3 is 2.55 bits per heavy atom. The van der Waals surface area contributed by atoms with Crippen molar-refractivity contribution in [3.8, 4) is 0 Å². The van der Waals surface area contributed by atoms with E-state index in [4.69, 9.17) is 4.52 Å². The number of fused-ring (bicyclic) bond motifs is 1. The van der Waals surface area contributed by atoms with Crippen molar-refractivity contribution in [1.29, 1.82) is 0 Å². The number of aryl methyl sites for hydroxylation is 1. The molecule has 0 aliphatic carbocycles. The smallest absolute Gasteiger partial charge is 0.356 e. The van der Waals surface area contributed by atoms with Crippen LogP contribution >= 0.6 is 12.4 Å². The summed E-state index contributed by atoms with van der Waals surface area (Å²) in [4.78, 5) is 2.09. The molecule has 0 spiro atoms. The number of benzene rings is 2. The van der Waals surface area contributed by atoms with Crippen LogP contribution in [-0.2, 0) is 22.4 Å². The Balaban J connectivity index is 0.00000306. The maximum absolute atomic E-state index is 13.2. The number of hydrogen-bond acceptors (Lipinski definition) is 5. The van der Waals surface area contributed by atoms with E-state index in [0.717, 1.165) is 54.9 Å². The lowest BCUT2D eigenvalue weighted by atomic mass is 10.1. The first-order chi connectivity index (χ1) is 15.1. The first-order valence-electron chi connectivity index (χ1n) is 10.3. The molecule has 1 saturated heterocycles. The van der Waals surface area contributed by atoms with Crippen molar-refractivity contribution in [3.63, 3.8) is 0 Å². The van der Waals surface area contributed by atoms with Gasteiger partial charge in [0, 0.05) is 18.0 Å². The number of alkyl halides is 3. The second kappa shape index (κ2) is 9.99. The molecule has 0 bridgehead atoms. The fraction of sp³-hybridized carbons (Fsp3) is 0.409. The molecule has 0 radical (unpaired) electrons. The topological polar surface area (TPSA) is 63.4 Å². The van der Waals surface area contributed by atoms with Gasteiger partial charge < -0.3 is 9.42 Å². The van der Waals surface area contributed by atoms with Gasteiger partial charge in [-0.1, -0.05) is 5.16 Å². The summed E-state index contributed by atoms with van der Waals surface area (Å²) in [5.74, 6) is -0.540. The number of likely N-dealkylation sites (tertiary alicyclic amines) is 1. The van der Waals surface area contributed by atoms with Gasteiger partial charge >= 0.3 is 6.18 Å². The second-order valence-electron chi connectivity index (χ2n) is 8.13. The predicted octanol–water partition coefficient (Wildman–Crippen LogP) is 5.14. The summed E-state index contributed by atoms with van der Waals surface area (Å²) >= 11 is 0. The lowest BCUT2D eigenvalue weighted by molar-refractivity contribution is -0.137. The largest absolute Gasteiger partial charge is 0.416 e. The molecule has 2 aromatic carbocycles. The molecule has 1 unspecified atom stereocenters. The van der Waals surface area contributed by atoms with E-state index < -0.39 is 21.6 Å². The Morgan fingerprint density at radius 1 is 1.12 bits per heavy atom. The van der Waals surface area contributed by atoms with Gasteiger partial charge in [-0.05, 0) is 74.7 Å². The Morgan fingerprint density at radius 2 is 1.85 bits per heavy atom. The highest BCUT2D eigenvalue weighted by molar-refractivity contribution is 7.91. The van der Waals surface area contributed by atoms with E-state index >= 15 is 0 Å². The summed E-state index contributed by atoms with van der Waals surface area (Å²) in [5.41, 5.74) is 0.309. The van der Waals surface area contributed by atoms with Crippen LogP contribution < -0.4 is 0 Å². The van der Waals surface area contributed by atoms with Crippen LogP contribution in [0.15, 0.2) is 51.9 Å². The average molecular weight is 507 g/mol. The first-order valence-corrected chi connectivity index (χ1v) is 11.9. The zero-order chi connectivity index (χ0) is 22.9. The molecule has 2 heterocycles. The van der Waals surface area contributed by atoms with Crippen LogP contribution in [0.3, 0.4) is 0 Å². The first kappa shape index (κ1) is 25.5. The monoisotopic (exact) mass is 506 g/mol. The van der Waals surface area contributed by atoms with E-state index in [2.05, 4.69) is 10.1 Å². The third-order valence-electron chi connectivity index (χ3n) is 5.76. The van der Waals surface area contributed by atoms with E-state index in [9.17, 15) is 26.0 Å². The van der Waals surface area contributed by atoms with Crippen molar-refractivity contribution < 1.29 is 30.5 Å². The molecule has 1 fully saturated rings. The number of rotatable bonds is 7. The Bertz CT molecular complexity index is 1200. The van der Waals surface area contributed by atoms with Gasteiger partial charge in [0.25, 0.3) is 0 Å². The van der Waals surface area contributed by atoms with Crippen LogP contribution in [0.2, 0.25) is 0 Å². The van der Waals surface area contributed by atoms with Crippen LogP contribution in [0.5, 0.6) is 0 Å². The van der Waals surface area contributed by atoms with Crippen molar-refractivity contribution in [2.24, 2.45) is 5.92 Å². The minimum atomic E-state index is -4.50. The van der Waals surface area contributed by atoms with Gasteiger partial charge in [0.15, 0.2) is 15.4 Å².